The molecule has 0 spiro atoms. The molecule has 2 aliphatic rings. The van der Waals surface area contributed by atoms with Gasteiger partial charge in [0.05, 0.1) is 6.17 Å². The molecule has 3 heteroatoms. The van der Waals surface area contributed by atoms with Crippen LogP contribution in [0, 0.1) is 0 Å². The summed E-state index contributed by atoms with van der Waals surface area (Å²) in [5, 5.41) is 3.35. The highest BCUT2D eigenvalue weighted by Gasteiger charge is 2.26. The molecule has 2 rings (SSSR count). The fourth-order valence-corrected chi connectivity index (χ4v) is 2.52. The Morgan fingerprint density at radius 3 is 3.07 bits per heavy atom. The maximum Gasteiger partial charge on any atom is 0.0988 e. The van der Waals surface area contributed by atoms with Crippen molar-refractivity contribution in [1.82, 2.24) is 10.2 Å². The molecule has 0 aromatic heterocycles. The van der Waals surface area contributed by atoms with Gasteiger partial charge in [0.1, 0.15) is 0 Å². The number of hydrogen-bond acceptors (Lipinski definition) is 3. The third kappa shape index (κ3) is 2.34. The van der Waals surface area contributed by atoms with E-state index >= 15 is 0 Å². The number of dihydropyridines is 1. The minimum absolute atomic E-state index is 0.350. The number of hydrogen-bond donors (Lipinski definition) is 2. The summed E-state index contributed by atoms with van der Waals surface area (Å²) in [6.45, 7) is 3.48. The summed E-state index contributed by atoms with van der Waals surface area (Å²) in [6.07, 6.45) is 11.7. The minimum Gasteiger partial charge on any atom is -0.398 e. The van der Waals surface area contributed by atoms with Gasteiger partial charge in [-0.25, -0.2) is 0 Å². The summed E-state index contributed by atoms with van der Waals surface area (Å²) < 4.78 is 0. The van der Waals surface area contributed by atoms with Crippen molar-refractivity contribution in [1.29, 1.82) is 0 Å². The Hall–Kier alpha value is -0.960. The fourth-order valence-electron chi connectivity index (χ4n) is 2.52. The third-order valence-electron chi connectivity index (χ3n) is 3.39. The Morgan fingerprint density at radius 1 is 1.53 bits per heavy atom. The molecule has 84 valence electrons. The van der Waals surface area contributed by atoms with E-state index in [2.05, 4.69) is 23.2 Å². The van der Waals surface area contributed by atoms with Gasteiger partial charge in [0.2, 0.25) is 0 Å². The number of rotatable bonds is 2. The van der Waals surface area contributed by atoms with Crippen molar-refractivity contribution >= 4 is 0 Å². The molecule has 0 radical (unpaired) electrons. The molecule has 1 saturated heterocycles. The Morgan fingerprint density at radius 2 is 2.40 bits per heavy atom. The predicted octanol–water partition coefficient (Wildman–Crippen LogP) is 1.54. The second kappa shape index (κ2) is 4.71. The number of nitrogens with zero attached hydrogens (tertiary/aromatic N) is 1. The van der Waals surface area contributed by atoms with Crippen LogP contribution in [0.1, 0.15) is 32.6 Å². The number of nitrogens with two attached hydrogens (primary N) is 1. The second-order valence-corrected chi connectivity index (χ2v) is 4.41. The monoisotopic (exact) mass is 207 g/mol. The number of likely N-dealkylation sites (tertiary alicyclic amines) is 1. The summed E-state index contributed by atoms with van der Waals surface area (Å²) in [4.78, 5) is 2.56. The summed E-state index contributed by atoms with van der Waals surface area (Å²) >= 11 is 0. The van der Waals surface area contributed by atoms with Crippen molar-refractivity contribution in [2.75, 3.05) is 6.54 Å². The summed E-state index contributed by atoms with van der Waals surface area (Å²) in [7, 11) is 0. The summed E-state index contributed by atoms with van der Waals surface area (Å²) in [5.74, 6) is 0. The standard InChI is InChI=1S/C12H21N3/c1-2-11-5-3-4-8-15(11)12-7-6-10(13)9-14-12/h6-7,9,11-12,14H,2-5,8,13H2,1H3/t11-,12?/m0/s1. The molecule has 0 bridgehead atoms. The van der Waals surface area contributed by atoms with Gasteiger partial charge in [0.15, 0.2) is 0 Å². The highest BCUT2D eigenvalue weighted by Crippen LogP contribution is 2.22. The SMILES string of the molecule is CC[C@H]1CCCCN1C1C=CC(N)=CN1. The lowest BCUT2D eigenvalue weighted by atomic mass is 9.99. The van der Waals surface area contributed by atoms with E-state index in [9.17, 15) is 0 Å². The van der Waals surface area contributed by atoms with Gasteiger partial charge in [-0.1, -0.05) is 13.3 Å². The molecule has 2 heterocycles. The van der Waals surface area contributed by atoms with E-state index in [-0.39, 0.29) is 0 Å². The zero-order chi connectivity index (χ0) is 10.7. The molecule has 1 fully saturated rings. The van der Waals surface area contributed by atoms with Gasteiger partial charge in [-0.3, -0.25) is 4.90 Å². The average molecular weight is 207 g/mol. The molecule has 0 aliphatic carbocycles. The highest BCUT2D eigenvalue weighted by atomic mass is 15.3. The van der Waals surface area contributed by atoms with E-state index in [4.69, 9.17) is 5.73 Å². The van der Waals surface area contributed by atoms with Crippen LogP contribution in [0.3, 0.4) is 0 Å². The lowest BCUT2D eigenvalue weighted by Crippen LogP contribution is -2.51. The summed E-state index contributed by atoms with van der Waals surface area (Å²) in [6, 6.07) is 0.730. The average Bonchev–Trinajstić information content (AvgIpc) is 2.30. The molecule has 0 aromatic carbocycles. The molecule has 3 nitrogen and oxygen atoms in total. The van der Waals surface area contributed by atoms with Gasteiger partial charge in [-0.15, -0.1) is 0 Å². The molecular weight excluding hydrogens is 186 g/mol. The Labute approximate surface area is 92.0 Å². The van der Waals surface area contributed by atoms with E-state index in [1.165, 1.54) is 32.2 Å². The Bertz CT molecular complexity index is 270. The van der Waals surface area contributed by atoms with E-state index in [1.807, 2.05) is 12.3 Å². The quantitative estimate of drug-likeness (QED) is 0.721. The normalized spacial score (nSPS) is 32.2. The first-order chi connectivity index (χ1) is 7.31. The van der Waals surface area contributed by atoms with E-state index in [0.29, 0.717) is 6.17 Å². The van der Waals surface area contributed by atoms with Crippen LogP contribution in [0.15, 0.2) is 24.0 Å². The molecular formula is C12H21N3. The number of nitrogens with one attached hydrogen (secondary N) is 1. The van der Waals surface area contributed by atoms with Crippen molar-refractivity contribution < 1.29 is 0 Å². The van der Waals surface area contributed by atoms with E-state index in [1.54, 1.807) is 0 Å². The molecule has 2 aliphatic heterocycles. The van der Waals surface area contributed by atoms with Crippen molar-refractivity contribution in [2.45, 2.75) is 44.8 Å². The van der Waals surface area contributed by atoms with Gasteiger partial charge in [0.25, 0.3) is 0 Å². The number of allylic oxidation sites excluding steroid dienone is 1. The first-order valence-corrected chi connectivity index (χ1v) is 5.97. The Kier molecular flexibility index (Phi) is 3.31. The zero-order valence-corrected chi connectivity index (χ0v) is 9.45. The van der Waals surface area contributed by atoms with E-state index in [0.717, 1.165) is 11.7 Å². The van der Waals surface area contributed by atoms with Crippen LogP contribution in [-0.2, 0) is 0 Å². The van der Waals surface area contributed by atoms with Crippen LogP contribution in [0.4, 0.5) is 0 Å². The lowest BCUT2D eigenvalue weighted by molar-refractivity contribution is 0.103. The van der Waals surface area contributed by atoms with Gasteiger partial charge < -0.3 is 11.1 Å². The topological polar surface area (TPSA) is 41.3 Å². The minimum atomic E-state index is 0.350. The predicted molar refractivity (Wildman–Crippen MR) is 63.0 cm³/mol. The van der Waals surface area contributed by atoms with Crippen LogP contribution in [0.2, 0.25) is 0 Å². The Balaban J connectivity index is 2.00. The van der Waals surface area contributed by atoms with E-state index < -0.39 is 0 Å². The van der Waals surface area contributed by atoms with Crippen LogP contribution < -0.4 is 11.1 Å². The van der Waals surface area contributed by atoms with Crippen molar-refractivity contribution in [3.8, 4) is 0 Å². The van der Waals surface area contributed by atoms with Crippen LogP contribution >= 0.6 is 0 Å². The molecule has 1 unspecified atom stereocenters. The zero-order valence-electron chi connectivity index (χ0n) is 9.45. The van der Waals surface area contributed by atoms with Crippen molar-refractivity contribution in [3.05, 3.63) is 24.0 Å². The van der Waals surface area contributed by atoms with Crippen LogP contribution in [-0.4, -0.2) is 23.7 Å². The van der Waals surface area contributed by atoms with Crippen LogP contribution in [0.5, 0.6) is 0 Å². The third-order valence-corrected chi connectivity index (χ3v) is 3.39. The molecule has 0 saturated carbocycles. The molecule has 3 N–H and O–H groups in total. The molecule has 0 amide bonds. The van der Waals surface area contributed by atoms with Crippen molar-refractivity contribution in [3.63, 3.8) is 0 Å². The summed E-state index contributed by atoms with van der Waals surface area (Å²) in [5.41, 5.74) is 6.50. The molecule has 15 heavy (non-hydrogen) atoms. The lowest BCUT2D eigenvalue weighted by Gasteiger charge is -2.40. The largest absolute Gasteiger partial charge is 0.398 e. The van der Waals surface area contributed by atoms with Crippen LogP contribution in [0.25, 0.3) is 0 Å². The maximum absolute atomic E-state index is 5.69. The number of piperidine rings is 1. The first-order valence-electron chi connectivity index (χ1n) is 5.97. The van der Waals surface area contributed by atoms with Gasteiger partial charge in [0, 0.05) is 24.5 Å². The first kappa shape index (κ1) is 10.6. The highest BCUT2D eigenvalue weighted by molar-refractivity contribution is 5.20. The van der Waals surface area contributed by atoms with Gasteiger partial charge in [-0.05, 0) is 31.4 Å². The molecule has 2 atom stereocenters. The fraction of sp³-hybridized carbons (Fsp3) is 0.667. The van der Waals surface area contributed by atoms with Gasteiger partial charge >= 0.3 is 0 Å². The maximum atomic E-state index is 5.69. The molecule has 0 aromatic rings. The smallest absolute Gasteiger partial charge is 0.0988 e. The second-order valence-electron chi connectivity index (χ2n) is 4.41. The van der Waals surface area contributed by atoms with Gasteiger partial charge in [-0.2, -0.15) is 0 Å². The van der Waals surface area contributed by atoms with Crippen molar-refractivity contribution in [2.24, 2.45) is 5.73 Å².